The van der Waals surface area contributed by atoms with Crippen molar-refractivity contribution in [1.29, 1.82) is 0 Å². The highest BCUT2D eigenvalue weighted by molar-refractivity contribution is 5.85. The summed E-state index contributed by atoms with van der Waals surface area (Å²) in [6.07, 6.45) is -14.3. The fourth-order valence-corrected chi connectivity index (χ4v) is 2.48. The highest BCUT2D eigenvalue weighted by Crippen LogP contribution is 2.45. The van der Waals surface area contributed by atoms with Crippen LogP contribution in [0, 0.1) is 0 Å². The highest BCUT2D eigenvalue weighted by atomic mass is 19.4. The Bertz CT molecular complexity index is 715. The van der Waals surface area contributed by atoms with Crippen molar-refractivity contribution in [3.63, 3.8) is 0 Å². The van der Waals surface area contributed by atoms with E-state index in [1.54, 1.807) is 0 Å². The number of nitrogens with zero attached hydrogens (tertiary/aromatic N) is 4. The Morgan fingerprint density at radius 1 is 0.964 bits per heavy atom. The van der Waals surface area contributed by atoms with E-state index in [1.165, 1.54) is 17.0 Å². The molecule has 1 saturated heterocycles. The average molecular weight is 416 g/mol. The van der Waals surface area contributed by atoms with Crippen molar-refractivity contribution in [3.05, 3.63) is 17.8 Å². The molecule has 1 aromatic heterocycles. The van der Waals surface area contributed by atoms with Gasteiger partial charge in [0.05, 0.1) is 6.42 Å². The van der Waals surface area contributed by atoms with Crippen molar-refractivity contribution in [3.8, 4) is 0 Å². The molecule has 0 aromatic carbocycles. The van der Waals surface area contributed by atoms with E-state index in [2.05, 4.69) is 10.2 Å². The van der Waals surface area contributed by atoms with Crippen LogP contribution in [0.25, 0.3) is 0 Å². The third kappa shape index (κ3) is 4.26. The van der Waals surface area contributed by atoms with Gasteiger partial charge in [-0.15, -0.1) is 10.2 Å². The molecule has 2 N–H and O–H groups in total. The average Bonchev–Trinajstić information content (AvgIpc) is 2.60. The standard InChI is InChI=1S/C14H14F6N4O4/c15-13(16,17)12(28,14(18,19)20)7-10(25)24-5-3-23(4-6-24)9-2-1-8(11(26)27)21-22-9/h1-2,28H,3-7H2,(H,26,27). The molecule has 28 heavy (non-hydrogen) atoms. The lowest BCUT2D eigenvalue weighted by Gasteiger charge is -2.37. The summed E-state index contributed by atoms with van der Waals surface area (Å²) in [7, 11) is 0. The molecule has 1 amide bonds. The third-order valence-corrected chi connectivity index (χ3v) is 4.17. The molecule has 1 aliphatic heterocycles. The number of rotatable bonds is 4. The van der Waals surface area contributed by atoms with Gasteiger partial charge in [0.1, 0.15) is 0 Å². The van der Waals surface area contributed by atoms with Gasteiger partial charge >= 0.3 is 18.3 Å². The topological polar surface area (TPSA) is 107 Å². The van der Waals surface area contributed by atoms with Crippen LogP contribution in [0.15, 0.2) is 12.1 Å². The van der Waals surface area contributed by atoms with Gasteiger partial charge in [0, 0.05) is 26.2 Å². The smallest absolute Gasteiger partial charge is 0.426 e. The molecule has 2 heterocycles. The van der Waals surface area contributed by atoms with Gasteiger partial charge in [0.15, 0.2) is 11.5 Å². The van der Waals surface area contributed by atoms with E-state index in [4.69, 9.17) is 10.2 Å². The second-order valence-electron chi connectivity index (χ2n) is 5.98. The van der Waals surface area contributed by atoms with Crippen LogP contribution >= 0.6 is 0 Å². The van der Waals surface area contributed by atoms with Crippen LogP contribution in [0.2, 0.25) is 0 Å². The summed E-state index contributed by atoms with van der Waals surface area (Å²) >= 11 is 0. The van der Waals surface area contributed by atoms with Crippen molar-refractivity contribution in [2.45, 2.75) is 24.4 Å². The van der Waals surface area contributed by atoms with Gasteiger partial charge in [-0.3, -0.25) is 4.79 Å². The quantitative estimate of drug-likeness (QED) is 0.708. The zero-order valence-electron chi connectivity index (χ0n) is 14.0. The molecular weight excluding hydrogens is 402 g/mol. The lowest BCUT2D eigenvalue weighted by Crippen LogP contribution is -2.60. The summed E-state index contributed by atoms with van der Waals surface area (Å²) in [5, 5.41) is 25.0. The number of alkyl halides is 6. The van der Waals surface area contributed by atoms with Gasteiger partial charge in [-0.05, 0) is 12.1 Å². The Labute approximate surface area is 153 Å². The summed E-state index contributed by atoms with van der Waals surface area (Å²) in [6, 6.07) is 2.51. The molecule has 1 aliphatic rings. The first kappa shape index (κ1) is 21.7. The molecule has 0 saturated carbocycles. The monoisotopic (exact) mass is 416 g/mol. The largest absolute Gasteiger partial charge is 0.476 e. The van der Waals surface area contributed by atoms with Crippen LogP contribution in [0.5, 0.6) is 0 Å². The Hall–Kier alpha value is -2.64. The predicted octanol–water partition coefficient (Wildman–Crippen LogP) is 1.07. The molecule has 0 unspecified atom stereocenters. The van der Waals surface area contributed by atoms with E-state index in [1.807, 2.05) is 0 Å². The molecule has 0 bridgehead atoms. The first-order valence-corrected chi connectivity index (χ1v) is 7.72. The number of halogens is 6. The van der Waals surface area contributed by atoms with Gasteiger partial charge in [-0.1, -0.05) is 0 Å². The molecule has 0 atom stereocenters. The zero-order valence-corrected chi connectivity index (χ0v) is 14.0. The van der Waals surface area contributed by atoms with Gasteiger partial charge in [0.25, 0.3) is 5.60 Å². The highest BCUT2D eigenvalue weighted by Gasteiger charge is 2.71. The van der Waals surface area contributed by atoms with E-state index in [0.29, 0.717) is 0 Å². The second-order valence-corrected chi connectivity index (χ2v) is 5.98. The molecule has 1 aromatic rings. The molecule has 0 spiro atoms. The van der Waals surface area contributed by atoms with E-state index >= 15 is 0 Å². The Kier molecular flexibility index (Phi) is 5.73. The third-order valence-electron chi connectivity index (χ3n) is 4.17. The van der Waals surface area contributed by atoms with Gasteiger partial charge in [-0.25, -0.2) is 4.79 Å². The SMILES string of the molecule is O=C(O)c1ccc(N2CCN(C(=O)CC(O)(C(F)(F)F)C(F)(F)F)CC2)nn1. The first-order valence-electron chi connectivity index (χ1n) is 7.72. The van der Waals surface area contributed by atoms with Gasteiger partial charge < -0.3 is 20.0 Å². The number of carbonyl (C=O) groups is 2. The van der Waals surface area contributed by atoms with E-state index in [9.17, 15) is 35.9 Å². The van der Waals surface area contributed by atoms with Crippen molar-refractivity contribution in [1.82, 2.24) is 15.1 Å². The minimum absolute atomic E-state index is 0.0172. The summed E-state index contributed by atoms with van der Waals surface area (Å²) in [5.74, 6) is -2.56. The predicted molar refractivity (Wildman–Crippen MR) is 79.5 cm³/mol. The molecule has 14 heteroatoms. The first-order chi connectivity index (χ1) is 12.8. The summed E-state index contributed by atoms with van der Waals surface area (Å²) in [4.78, 5) is 25.0. The number of anilines is 1. The molecule has 2 rings (SSSR count). The van der Waals surface area contributed by atoms with Gasteiger partial charge in [-0.2, -0.15) is 26.3 Å². The number of carbonyl (C=O) groups excluding carboxylic acids is 1. The van der Waals surface area contributed by atoms with Crippen molar-refractivity contribution >= 4 is 17.7 Å². The maximum atomic E-state index is 12.7. The molecule has 1 fully saturated rings. The lowest BCUT2D eigenvalue weighted by atomic mass is 9.97. The summed E-state index contributed by atoms with van der Waals surface area (Å²) < 4.78 is 76.2. The Morgan fingerprint density at radius 3 is 1.89 bits per heavy atom. The van der Waals surface area contributed by atoms with Crippen molar-refractivity contribution in [2.24, 2.45) is 0 Å². The summed E-state index contributed by atoms with van der Waals surface area (Å²) in [5.41, 5.74) is -5.44. The number of aromatic carboxylic acids is 1. The van der Waals surface area contributed by atoms with Crippen LogP contribution in [-0.4, -0.2) is 81.3 Å². The minimum atomic E-state index is -6.07. The molecular formula is C14H14F6N4O4. The number of piperazine rings is 1. The Morgan fingerprint density at radius 2 is 1.50 bits per heavy atom. The number of amides is 1. The normalized spacial score (nSPS) is 16.2. The second kappa shape index (κ2) is 7.41. The fourth-order valence-electron chi connectivity index (χ4n) is 2.48. The molecule has 156 valence electrons. The minimum Gasteiger partial charge on any atom is -0.476 e. The Balaban J connectivity index is 2.02. The number of hydrogen-bond acceptors (Lipinski definition) is 6. The van der Waals surface area contributed by atoms with E-state index < -0.39 is 36.3 Å². The fraction of sp³-hybridized carbons (Fsp3) is 0.571. The van der Waals surface area contributed by atoms with Crippen molar-refractivity contribution in [2.75, 3.05) is 31.1 Å². The summed E-state index contributed by atoms with van der Waals surface area (Å²) in [6.45, 7) is -0.396. The van der Waals surface area contributed by atoms with Crippen LogP contribution in [0.3, 0.4) is 0 Å². The molecule has 0 aliphatic carbocycles. The van der Waals surface area contributed by atoms with Crippen LogP contribution < -0.4 is 4.90 Å². The van der Waals surface area contributed by atoms with Crippen LogP contribution in [-0.2, 0) is 4.79 Å². The number of carboxylic acid groups (broad SMARTS) is 1. The van der Waals surface area contributed by atoms with Crippen LogP contribution in [0.4, 0.5) is 32.2 Å². The maximum Gasteiger partial charge on any atom is 0.426 e. The van der Waals surface area contributed by atoms with Crippen LogP contribution in [0.1, 0.15) is 16.9 Å². The van der Waals surface area contributed by atoms with E-state index in [0.717, 1.165) is 4.90 Å². The number of aliphatic hydroxyl groups is 1. The van der Waals surface area contributed by atoms with Gasteiger partial charge in [0.2, 0.25) is 5.91 Å². The molecule has 8 nitrogen and oxygen atoms in total. The maximum absolute atomic E-state index is 12.7. The number of hydrogen-bond donors (Lipinski definition) is 2. The number of carboxylic acids is 1. The lowest BCUT2D eigenvalue weighted by molar-refractivity contribution is -0.367. The molecule has 0 radical (unpaired) electrons. The van der Waals surface area contributed by atoms with Crippen molar-refractivity contribution < 1.29 is 46.1 Å². The number of aromatic nitrogens is 2. The van der Waals surface area contributed by atoms with E-state index in [-0.39, 0.29) is 37.7 Å². The zero-order chi connectivity index (χ0) is 21.3.